The fourth-order valence-electron chi connectivity index (χ4n) is 3.04. The van der Waals surface area contributed by atoms with Gasteiger partial charge in [0.05, 0.1) is 5.41 Å². The minimum Gasteiger partial charge on any atom is -0.369 e. The Hall–Kier alpha value is -0.610. The molecule has 0 aliphatic carbocycles. The highest BCUT2D eigenvalue weighted by atomic mass is 16.1. The van der Waals surface area contributed by atoms with Crippen molar-refractivity contribution in [3.63, 3.8) is 0 Å². The predicted molar refractivity (Wildman–Crippen MR) is 63.9 cm³/mol. The van der Waals surface area contributed by atoms with Gasteiger partial charge in [0.2, 0.25) is 5.91 Å². The minimum atomic E-state index is -0.305. The molecule has 0 radical (unpaired) electrons. The van der Waals surface area contributed by atoms with Gasteiger partial charge in [-0.2, -0.15) is 0 Å². The van der Waals surface area contributed by atoms with E-state index in [1.165, 1.54) is 6.42 Å². The molecular weight excluding hydrogens is 202 g/mol. The molecule has 2 aliphatic rings. The van der Waals surface area contributed by atoms with Crippen LogP contribution in [-0.4, -0.2) is 43.0 Å². The lowest BCUT2D eigenvalue weighted by Gasteiger charge is -2.29. The third-order valence-electron chi connectivity index (χ3n) is 4.40. The standard InChI is InChI=1S/C12H23N3O/c1-3-9-6-14-7-10(9)15-5-4-12(2,8-15)11(13)16/h9-10,14H,3-8H2,1-2H3,(H2,13,16). The molecule has 2 saturated heterocycles. The van der Waals surface area contributed by atoms with Crippen molar-refractivity contribution >= 4 is 5.91 Å². The SMILES string of the molecule is CCC1CNCC1N1CCC(C)(C(N)=O)C1. The van der Waals surface area contributed by atoms with Crippen LogP contribution in [0.2, 0.25) is 0 Å². The number of carbonyl (C=O) groups excluding carboxylic acids is 1. The summed E-state index contributed by atoms with van der Waals surface area (Å²) in [4.78, 5) is 13.9. The zero-order valence-electron chi connectivity index (χ0n) is 10.3. The van der Waals surface area contributed by atoms with Crippen LogP contribution in [0.15, 0.2) is 0 Å². The van der Waals surface area contributed by atoms with Crippen molar-refractivity contribution in [1.82, 2.24) is 10.2 Å². The van der Waals surface area contributed by atoms with Crippen molar-refractivity contribution in [2.45, 2.75) is 32.7 Å². The summed E-state index contributed by atoms with van der Waals surface area (Å²) in [5.41, 5.74) is 5.17. The Morgan fingerprint density at radius 3 is 2.88 bits per heavy atom. The molecule has 0 aromatic carbocycles. The number of nitrogens with one attached hydrogen (secondary N) is 1. The lowest BCUT2D eigenvalue weighted by Crippen LogP contribution is -2.43. The molecule has 0 bridgehead atoms. The lowest BCUT2D eigenvalue weighted by atomic mass is 9.89. The summed E-state index contributed by atoms with van der Waals surface area (Å²) in [6.45, 7) is 8.28. The van der Waals surface area contributed by atoms with E-state index >= 15 is 0 Å². The van der Waals surface area contributed by atoms with Gasteiger partial charge in [0, 0.05) is 19.1 Å². The van der Waals surface area contributed by atoms with Crippen molar-refractivity contribution in [2.24, 2.45) is 17.1 Å². The number of nitrogens with zero attached hydrogens (tertiary/aromatic N) is 1. The summed E-state index contributed by atoms with van der Waals surface area (Å²) in [5, 5.41) is 3.45. The van der Waals surface area contributed by atoms with Crippen LogP contribution in [0, 0.1) is 11.3 Å². The molecule has 2 heterocycles. The molecule has 0 saturated carbocycles. The first-order chi connectivity index (χ1) is 7.57. The second kappa shape index (κ2) is 4.34. The third-order valence-corrected chi connectivity index (χ3v) is 4.40. The van der Waals surface area contributed by atoms with Gasteiger partial charge < -0.3 is 11.1 Å². The van der Waals surface area contributed by atoms with Crippen molar-refractivity contribution < 1.29 is 4.79 Å². The zero-order chi connectivity index (χ0) is 11.8. The lowest BCUT2D eigenvalue weighted by molar-refractivity contribution is -0.126. The van der Waals surface area contributed by atoms with Crippen molar-refractivity contribution in [3.05, 3.63) is 0 Å². The Kier molecular flexibility index (Phi) is 3.22. The summed E-state index contributed by atoms with van der Waals surface area (Å²) in [7, 11) is 0. The number of primary amides is 1. The first-order valence-electron chi connectivity index (χ1n) is 6.31. The molecule has 1 amide bonds. The number of nitrogens with two attached hydrogens (primary N) is 1. The topological polar surface area (TPSA) is 58.4 Å². The van der Waals surface area contributed by atoms with E-state index in [0.717, 1.165) is 38.5 Å². The van der Waals surface area contributed by atoms with Crippen LogP contribution in [0.4, 0.5) is 0 Å². The summed E-state index contributed by atoms with van der Waals surface area (Å²) in [6.07, 6.45) is 2.12. The number of rotatable bonds is 3. The zero-order valence-corrected chi connectivity index (χ0v) is 10.3. The molecule has 92 valence electrons. The molecule has 0 aromatic rings. The maximum Gasteiger partial charge on any atom is 0.224 e. The Balaban J connectivity index is 2.00. The van der Waals surface area contributed by atoms with Gasteiger partial charge >= 0.3 is 0 Å². The van der Waals surface area contributed by atoms with Crippen LogP contribution < -0.4 is 11.1 Å². The summed E-state index contributed by atoms with van der Waals surface area (Å²) < 4.78 is 0. The predicted octanol–water partition coefficient (Wildman–Crippen LogP) is 0.182. The van der Waals surface area contributed by atoms with E-state index in [-0.39, 0.29) is 11.3 Å². The van der Waals surface area contributed by atoms with Crippen molar-refractivity contribution in [1.29, 1.82) is 0 Å². The highest BCUT2D eigenvalue weighted by Crippen LogP contribution is 2.33. The molecule has 4 nitrogen and oxygen atoms in total. The largest absolute Gasteiger partial charge is 0.369 e. The molecule has 0 aromatic heterocycles. The van der Waals surface area contributed by atoms with E-state index in [0.29, 0.717) is 6.04 Å². The van der Waals surface area contributed by atoms with E-state index in [1.807, 2.05) is 6.92 Å². The van der Waals surface area contributed by atoms with Crippen molar-refractivity contribution in [3.8, 4) is 0 Å². The van der Waals surface area contributed by atoms with Gasteiger partial charge in [0.1, 0.15) is 0 Å². The maximum atomic E-state index is 11.4. The molecule has 0 spiro atoms. The summed E-state index contributed by atoms with van der Waals surface area (Å²) in [5.74, 6) is 0.587. The molecular formula is C12H23N3O. The second-order valence-corrected chi connectivity index (χ2v) is 5.54. The van der Waals surface area contributed by atoms with Gasteiger partial charge in [0.15, 0.2) is 0 Å². The number of likely N-dealkylation sites (tertiary alicyclic amines) is 1. The van der Waals surface area contributed by atoms with E-state index in [2.05, 4.69) is 17.1 Å². The number of carbonyl (C=O) groups is 1. The fourth-order valence-corrected chi connectivity index (χ4v) is 3.04. The molecule has 2 rings (SSSR count). The molecule has 2 fully saturated rings. The first-order valence-corrected chi connectivity index (χ1v) is 6.31. The molecule has 4 heteroatoms. The molecule has 16 heavy (non-hydrogen) atoms. The van der Waals surface area contributed by atoms with Crippen LogP contribution in [0.25, 0.3) is 0 Å². The average molecular weight is 225 g/mol. The van der Waals surface area contributed by atoms with E-state index in [9.17, 15) is 4.79 Å². The Morgan fingerprint density at radius 2 is 2.31 bits per heavy atom. The number of hydrogen-bond acceptors (Lipinski definition) is 3. The fraction of sp³-hybridized carbons (Fsp3) is 0.917. The van der Waals surface area contributed by atoms with Crippen LogP contribution >= 0.6 is 0 Å². The average Bonchev–Trinajstić information content (AvgIpc) is 2.83. The molecule has 2 aliphatic heterocycles. The molecule has 3 N–H and O–H groups in total. The quantitative estimate of drug-likeness (QED) is 0.720. The van der Waals surface area contributed by atoms with Gasteiger partial charge in [-0.25, -0.2) is 0 Å². The number of hydrogen-bond donors (Lipinski definition) is 2. The molecule has 3 atom stereocenters. The van der Waals surface area contributed by atoms with Gasteiger partial charge in [-0.1, -0.05) is 13.3 Å². The van der Waals surface area contributed by atoms with E-state index in [1.54, 1.807) is 0 Å². The van der Waals surface area contributed by atoms with Crippen molar-refractivity contribution in [2.75, 3.05) is 26.2 Å². The smallest absolute Gasteiger partial charge is 0.224 e. The van der Waals surface area contributed by atoms with Crippen LogP contribution in [0.1, 0.15) is 26.7 Å². The van der Waals surface area contributed by atoms with E-state index in [4.69, 9.17) is 5.73 Å². The van der Waals surface area contributed by atoms with Crippen LogP contribution in [-0.2, 0) is 4.79 Å². The van der Waals surface area contributed by atoms with Crippen LogP contribution in [0.3, 0.4) is 0 Å². The van der Waals surface area contributed by atoms with Gasteiger partial charge in [-0.05, 0) is 32.4 Å². The first kappa shape index (κ1) is 11.9. The normalized spacial score (nSPS) is 40.4. The summed E-state index contributed by atoms with van der Waals surface area (Å²) in [6, 6.07) is 0.603. The second-order valence-electron chi connectivity index (χ2n) is 5.54. The summed E-state index contributed by atoms with van der Waals surface area (Å²) >= 11 is 0. The monoisotopic (exact) mass is 225 g/mol. The highest BCUT2D eigenvalue weighted by Gasteiger charge is 2.43. The number of amides is 1. The maximum absolute atomic E-state index is 11.4. The Labute approximate surface area is 97.6 Å². The van der Waals surface area contributed by atoms with Gasteiger partial charge in [-0.3, -0.25) is 9.69 Å². The van der Waals surface area contributed by atoms with Crippen LogP contribution in [0.5, 0.6) is 0 Å². The third kappa shape index (κ3) is 1.96. The van der Waals surface area contributed by atoms with Gasteiger partial charge in [0.25, 0.3) is 0 Å². The molecule has 3 unspecified atom stereocenters. The Morgan fingerprint density at radius 1 is 1.56 bits per heavy atom. The van der Waals surface area contributed by atoms with E-state index < -0.39 is 0 Å². The van der Waals surface area contributed by atoms with Gasteiger partial charge in [-0.15, -0.1) is 0 Å². The minimum absolute atomic E-state index is 0.144. The highest BCUT2D eigenvalue weighted by molar-refractivity contribution is 5.81. The Bertz CT molecular complexity index is 281.